The molecule has 3 rings (SSSR count). The fourth-order valence-electron chi connectivity index (χ4n) is 2.33. The number of alkyl halides is 3. The zero-order valence-corrected chi connectivity index (χ0v) is 14.9. The van der Waals surface area contributed by atoms with E-state index in [1.807, 2.05) is 0 Å². The lowest BCUT2D eigenvalue weighted by atomic mass is 10.0. The SMILES string of the molecule is Fc1cnc(Cl)nc1Oc1ccc(Cc2ccc(Cl)c(C(F)(F)F)c2)cc1. The number of benzene rings is 2. The van der Waals surface area contributed by atoms with Crippen molar-refractivity contribution in [1.82, 2.24) is 9.97 Å². The van der Waals surface area contributed by atoms with E-state index < -0.39 is 17.6 Å². The molecule has 2 aromatic carbocycles. The maximum absolute atomic E-state index is 13.6. The second kappa shape index (κ2) is 7.70. The van der Waals surface area contributed by atoms with Crippen LogP contribution in [0.2, 0.25) is 10.3 Å². The van der Waals surface area contributed by atoms with Crippen molar-refractivity contribution in [3.8, 4) is 11.6 Å². The Morgan fingerprint density at radius 3 is 2.30 bits per heavy atom. The lowest BCUT2D eigenvalue weighted by Crippen LogP contribution is -2.06. The summed E-state index contributed by atoms with van der Waals surface area (Å²) in [5.41, 5.74) is 0.311. The monoisotopic (exact) mass is 416 g/mol. The van der Waals surface area contributed by atoms with Gasteiger partial charge in [-0.15, -0.1) is 0 Å². The van der Waals surface area contributed by atoms with Gasteiger partial charge in [-0.1, -0.05) is 29.8 Å². The topological polar surface area (TPSA) is 35.0 Å². The average molecular weight is 417 g/mol. The number of rotatable bonds is 4. The molecular weight excluding hydrogens is 407 g/mol. The Bertz CT molecular complexity index is 963. The van der Waals surface area contributed by atoms with Crippen LogP contribution in [-0.4, -0.2) is 9.97 Å². The summed E-state index contributed by atoms with van der Waals surface area (Å²) in [4.78, 5) is 7.12. The minimum absolute atomic E-state index is 0.161. The van der Waals surface area contributed by atoms with E-state index in [0.29, 0.717) is 11.3 Å². The smallest absolute Gasteiger partial charge is 0.417 e. The van der Waals surface area contributed by atoms with E-state index in [1.54, 1.807) is 24.3 Å². The molecule has 9 heteroatoms. The van der Waals surface area contributed by atoms with Crippen molar-refractivity contribution in [1.29, 1.82) is 0 Å². The molecule has 0 fully saturated rings. The summed E-state index contributed by atoms with van der Waals surface area (Å²) in [6.45, 7) is 0. The maximum Gasteiger partial charge on any atom is 0.417 e. The van der Waals surface area contributed by atoms with Gasteiger partial charge in [-0.2, -0.15) is 22.5 Å². The van der Waals surface area contributed by atoms with Crippen molar-refractivity contribution in [2.75, 3.05) is 0 Å². The Kier molecular flexibility index (Phi) is 5.53. The summed E-state index contributed by atoms with van der Waals surface area (Å²) in [7, 11) is 0. The van der Waals surface area contributed by atoms with Crippen molar-refractivity contribution in [2.24, 2.45) is 0 Å². The summed E-state index contributed by atoms with van der Waals surface area (Å²) < 4.78 is 57.7. The fourth-order valence-corrected chi connectivity index (χ4v) is 2.68. The second-order valence-corrected chi connectivity index (χ2v) is 6.27. The summed E-state index contributed by atoms with van der Waals surface area (Å²) in [6, 6.07) is 10.2. The third-order valence-electron chi connectivity index (χ3n) is 3.56. The minimum Gasteiger partial charge on any atom is -0.436 e. The van der Waals surface area contributed by atoms with Crippen molar-refractivity contribution >= 4 is 23.2 Å². The second-order valence-electron chi connectivity index (χ2n) is 5.53. The van der Waals surface area contributed by atoms with Gasteiger partial charge in [-0.25, -0.2) is 4.98 Å². The van der Waals surface area contributed by atoms with E-state index in [-0.39, 0.29) is 22.6 Å². The van der Waals surface area contributed by atoms with E-state index in [9.17, 15) is 17.6 Å². The van der Waals surface area contributed by atoms with Crippen LogP contribution in [0.5, 0.6) is 11.6 Å². The minimum atomic E-state index is -4.52. The lowest BCUT2D eigenvalue weighted by Gasteiger charge is -2.11. The zero-order chi connectivity index (χ0) is 19.6. The quantitative estimate of drug-likeness (QED) is 0.368. The van der Waals surface area contributed by atoms with Crippen LogP contribution >= 0.6 is 23.2 Å². The van der Waals surface area contributed by atoms with Gasteiger partial charge in [0.1, 0.15) is 5.75 Å². The molecule has 3 nitrogen and oxygen atoms in total. The molecule has 0 saturated carbocycles. The van der Waals surface area contributed by atoms with Crippen molar-refractivity contribution < 1.29 is 22.3 Å². The molecule has 0 aliphatic rings. The average Bonchev–Trinajstić information content (AvgIpc) is 2.60. The molecular formula is C18H10Cl2F4N2O. The molecule has 1 aromatic heterocycles. The highest BCUT2D eigenvalue weighted by atomic mass is 35.5. The Balaban J connectivity index is 1.76. The number of hydrogen-bond acceptors (Lipinski definition) is 3. The van der Waals surface area contributed by atoms with Gasteiger partial charge in [0.15, 0.2) is 0 Å². The first-order valence-electron chi connectivity index (χ1n) is 7.53. The van der Waals surface area contributed by atoms with Gasteiger partial charge in [-0.3, -0.25) is 0 Å². The molecule has 0 N–H and O–H groups in total. The number of nitrogens with zero attached hydrogens (tertiary/aromatic N) is 2. The highest BCUT2D eigenvalue weighted by molar-refractivity contribution is 6.31. The maximum atomic E-state index is 13.6. The Labute approximate surface area is 161 Å². The zero-order valence-electron chi connectivity index (χ0n) is 13.4. The number of halogens is 6. The van der Waals surface area contributed by atoms with Crippen LogP contribution in [0.3, 0.4) is 0 Å². The molecule has 3 aromatic rings. The van der Waals surface area contributed by atoms with Gasteiger partial charge >= 0.3 is 6.18 Å². The first-order chi connectivity index (χ1) is 12.7. The molecule has 0 atom stereocenters. The highest BCUT2D eigenvalue weighted by Gasteiger charge is 2.33. The molecule has 0 aliphatic heterocycles. The molecule has 27 heavy (non-hydrogen) atoms. The van der Waals surface area contributed by atoms with E-state index in [1.165, 1.54) is 12.1 Å². The normalized spacial score (nSPS) is 11.5. The van der Waals surface area contributed by atoms with Crippen LogP contribution in [0.4, 0.5) is 17.6 Å². The molecule has 1 heterocycles. The van der Waals surface area contributed by atoms with Crippen LogP contribution in [0.15, 0.2) is 48.7 Å². The molecule has 0 unspecified atom stereocenters. The molecule has 0 spiro atoms. The molecule has 0 radical (unpaired) electrons. The van der Waals surface area contributed by atoms with Crippen LogP contribution in [0, 0.1) is 5.82 Å². The standard InChI is InChI=1S/C18H10Cl2F4N2O/c19-14-6-3-11(8-13(14)18(22,23)24)7-10-1-4-12(5-2-10)27-16-15(21)9-25-17(20)26-16/h1-6,8-9H,7H2. The Morgan fingerprint density at radius 1 is 0.963 bits per heavy atom. The lowest BCUT2D eigenvalue weighted by molar-refractivity contribution is -0.137. The Hall–Kier alpha value is -2.38. The number of hydrogen-bond donors (Lipinski definition) is 0. The molecule has 140 valence electrons. The van der Waals surface area contributed by atoms with Gasteiger partial charge in [0.2, 0.25) is 11.1 Å². The molecule has 0 amide bonds. The first kappa shape index (κ1) is 19.4. The van der Waals surface area contributed by atoms with Gasteiger partial charge in [0, 0.05) is 0 Å². The van der Waals surface area contributed by atoms with Crippen LogP contribution in [-0.2, 0) is 12.6 Å². The van der Waals surface area contributed by atoms with Gasteiger partial charge < -0.3 is 4.74 Å². The van der Waals surface area contributed by atoms with E-state index >= 15 is 0 Å². The summed E-state index contributed by atoms with van der Waals surface area (Å²) in [6.07, 6.45) is -3.38. The van der Waals surface area contributed by atoms with Gasteiger partial charge in [0.05, 0.1) is 16.8 Å². The largest absolute Gasteiger partial charge is 0.436 e. The van der Waals surface area contributed by atoms with Crippen LogP contribution < -0.4 is 4.74 Å². The predicted molar refractivity (Wildman–Crippen MR) is 92.8 cm³/mol. The fraction of sp³-hybridized carbons (Fsp3) is 0.111. The number of aromatic nitrogens is 2. The highest BCUT2D eigenvalue weighted by Crippen LogP contribution is 2.35. The summed E-state index contributed by atoms with van der Waals surface area (Å²) >= 11 is 11.2. The molecule has 0 saturated heterocycles. The van der Waals surface area contributed by atoms with Crippen molar-refractivity contribution in [2.45, 2.75) is 12.6 Å². The van der Waals surface area contributed by atoms with E-state index in [4.69, 9.17) is 27.9 Å². The van der Waals surface area contributed by atoms with Crippen LogP contribution in [0.1, 0.15) is 16.7 Å². The predicted octanol–water partition coefficient (Wildman–Crippen LogP) is 6.32. The third-order valence-corrected chi connectivity index (χ3v) is 4.08. The molecule has 0 aliphatic carbocycles. The molecule has 0 bridgehead atoms. The van der Waals surface area contributed by atoms with Crippen molar-refractivity contribution in [3.63, 3.8) is 0 Å². The summed E-state index contributed by atoms with van der Waals surface area (Å²) in [5, 5.41) is -0.508. The Morgan fingerprint density at radius 2 is 1.63 bits per heavy atom. The third kappa shape index (κ3) is 4.87. The summed E-state index contributed by atoms with van der Waals surface area (Å²) in [5.74, 6) is -0.806. The van der Waals surface area contributed by atoms with E-state index in [0.717, 1.165) is 17.8 Å². The van der Waals surface area contributed by atoms with Crippen molar-refractivity contribution in [3.05, 3.63) is 81.5 Å². The van der Waals surface area contributed by atoms with E-state index in [2.05, 4.69) is 9.97 Å². The van der Waals surface area contributed by atoms with Gasteiger partial charge in [0.25, 0.3) is 5.88 Å². The first-order valence-corrected chi connectivity index (χ1v) is 8.28. The van der Waals surface area contributed by atoms with Gasteiger partial charge in [-0.05, 0) is 53.4 Å². The van der Waals surface area contributed by atoms with Crippen LogP contribution in [0.25, 0.3) is 0 Å². The number of ether oxygens (including phenoxy) is 1.